The highest BCUT2D eigenvalue weighted by atomic mass is 32.2. The van der Waals surface area contributed by atoms with Crippen molar-refractivity contribution in [1.82, 2.24) is 0 Å². The van der Waals surface area contributed by atoms with Gasteiger partial charge in [0, 0.05) is 10.6 Å². The molecule has 3 heteroatoms. The average Bonchev–Trinajstić information content (AvgIpc) is 2.07. The van der Waals surface area contributed by atoms with Gasteiger partial charge in [-0.3, -0.25) is 0 Å². The summed E-state index contributed by atoms with van der Waals surface area (Å²) in [6, 6.07) is 5.73. The number of benzene rings is 1. The normalized spacial score (nSPS) is 21.9. The Bertz CT molecular complexity index is 301. The van der Waals surface area contributed by atoms with Crippen LogP contribution in [0.2, 0.25) is 0 Å². The van der Waals surface area contributed by atoms with Gasteiger partial charge in [0.15, 0.2) is 0 Å². The van der Waals surface area contributed by atoms with Crippen molar-refractivity contribution in [2.24, 2.45) is 0 Å². The lowest BCUT2D eigenvalue weighted by Gasteiger charge is -2.20. The van der Waals surface area contributed by atoms with Gasteiger partial charge in [0.2, 0.25) is 0 Å². The summed E-state index contributed by atoms with van der Waals surface area (Å²) < 4.78 is 0. The van der Waals surface area contributed by atoms with E-state index in [0.29, 0.717) is 0 Å². The van der Waals surface area contributed by atoms with Crippen LogP contribution in [0.3, 0.4) is 0 Å². The molecule has 1 atom stereocenters. The van der Waals surface area contributed by atoms with E-state index in [1.807, 2.05) is 18.2 Å². The number of rotatable bonds is 0. The molecule has 1 N–H and O–H groups in total. The Labute approximate surface area is 77.6 Å². The van der Waals surface area contributed by atoms with Crippen molar-refractivity contribution in [2.75, 3.05) is 5.75 Å². The zero-order valence-electron chi connectivity index (χ0n) is 6.66. The van der Waals surface area contributed by atoms with E-state index in [-0.39, 0.29) is 6.10 Å². The first-order valence-corrected chi connectivity index (χ1v) is 4.96. The van der Waals surface area contributed by atoms with E-state index >= 15 is 0 Å². The van der Waals surface area contributed by atoms with Crippen molar-refractivity contribution in [2.45, 2.75) is 17.4 Å². The van der Waals surface area contributed by atoms with Gasteiger partial charge in [0.25, 0.3) is 0 Å². The van der Waals surface area contributed by atoms with Crippen LogP contribution in [-0.2, 0) is 0 Å². The molecule has 0 saturated heterocycles. The molecule has 2 radical (unpaired) electrons. The molecule has 0 spiro atoms. The van der Waals surface area contributed by atoms with Crippen LogP contribution in [0.4, 0.5) is 0 Å². The fourth-order valence-electron chi connectivity index (χ4n) is 1.39. The van der Waals surface area contributed by atoms with Crippen LogP contribution in [0.15, 0.2) is 23.1 Å². The summed E-state index contributed by atoms with van der Waals surface area (Å²) in [5.74, 6) is 0.998. The van der Waals surface area contributed by atoms with Crippen LogP contribution < -0.4 is 5.46 Å². The molecule has 60 valence electrons. The van der Waals surface area contributed by atoms with Crippen LogP contribution in [-0.4, -0.2) is 18.7 Å². The first-order chi connectivity index (χ1) is 5.77. The quantitative estimate of drug-likeness (QED) is 0.595. The summed E-state index contributed by atoms with van der Waals surface area (Å²) >= 11 is 1.79. The topological polar surface area (TPSA) is 20.2 Å². The minimum absolute atomic E-state index is 0.315. The average molecular weight is 176 g/mol. The van der Waals surface area contributed by atoms with Crippen LogP contribution in [0, 0.1) is 0 Å². The Kier molecular flexibility index (Phi) is 2.15. The van der Waals surface area contributed by atoms with Gasteiger partial charge < -0.3 is 5.11 Å². The minimum Gasteiger partial charge on any atom is -0.388 e. The third-order valence-corrected chi connectivity index (χ3v) is 3.16. The minimum atomic E-state index is -0.315. The van der Waals surface area contributed by atoms with Crippen molar-refractivity contribution >= 4 is 25.1 Å². The molecular weight excluding hydrogens is 167 g/mol. The largest absolute Gasteiger partial charge is 0.388 e. The molecule has 1 aliphatic rings. The van der Waals surface area contributed by atoms with E-state index in [9.17, 15) is 5.11 Å². The summed E-state index contributed by atoms with van der Waals surface area (Å²) in [6.07, 6.45) is 0.519. The maximum atomic E-state index is 9.62. The van der Waals surface area contributed by atoms with Crippen molar-refractivity contribution in [3.8, 4) is 0 Å². The molecule has 1 heterocycles. The summed E-state index contributed by atoms with van der Waals surface area (Å²) in [4.78, 5) is 1.17. The van der Waals surface area contributed by atoms with E-state index < -0.39 is 0 Å². The highest BCUT2D eigenvalue weighted by Gasteiger charge is 2.17. The van der Waals surface area contributed by atoms with Crippen molar-refractivity contribution in [3.63, 3.8) is 0 Å². The molecule has 1 aromatic rings. The molecule has 12 heavy (non-hydrogen) atoms. The summed E-state index contributed by atoms with van der Waals surface area (Å²) in [7, 11) is 5.62. The van der Waals surface area contributed by atoms with Gasteiger partial charge in [-0.2, -0.15) is 0 Å². The SMILES string of the molecule is [B]c1ccc2c(c1)C(O)CCS2. The van der Waals surface area contributed by atoms with Gasteiger partial charge in [0.05, 0.1) is 6.10 Å². The first-order valence-electron chi connectivity index (χ1n) is 3.97. The molecule has 2 rings (SSSR count). The molecular formula is C9H9BOS. The number of thioether (sulfide) groups is 1. The lowest BCUT2D eigenvalue weighted by molar-refractivity contribution is 0.170. The van der Waals surface area contributed by atoms with Gasteiger partial charge in [-0.1, -0.05) is 17.6 Å². The third-order valence-electron chi connectivity index (χ3n) is 2.04. The number of aliphatic hydroxyl groups is 1. The van der Waals surface area contributed by atoms with Gasteiger partial charge in [-0.05, 0) is 18.1 Å². The molecule has 1 aliphatic heterocycles. The highest BCUT2D eigenvalue weighted by molar-refractivity contribution is 7.99. The molecule has 0 bridgehead atoms. The Hall–Kier alpha value is -0.405. The fraction of sp³-hybridized carbons (Fsp3) is 0.333. The predicted molar refractivity (Wildman–Crippen MR) is 52.1 cm³/mol. The van der Waals surface area contributed by atoms with Gasteiger partial charge in [0.1, 0.15) is 7.85 Å². The predicted octanol–water partition coefficient (Wildman–Crippen LogP) is 1.01. The second-order valence-electron chi connectivity index (χ2n) is 2.95. The number of hydrogen-bond donors (Lipinski definition) is 1. The van der Waals surface area contributed by atoms with Crippen LogP contribution >= 0.6 is 11.8 Å². The van der Waals surface area contributed by atoms with Crippen molar-refractivity contribution in [1.29, 1.82) is 0 Å². The second-order valence-corrected chi connectivity index (χ2v) is 4.09. The molecule has 0 amide bonds. The molecule has 1 unspecified atom stereocenters. The Balaban J connectivity index is 2.47. The van der Waals surface area contributed by atoms with Gasteiger partial charge in [-0.25, -0.2) is 0 Å². The Morgan fingerprint density at radius 2 is 2.33 bits per heavy atom. The summed E-state index contributed by atoms with van der Waals surface area (Å²) in [6.45, 7) is 0. The molecule has 0 aromatic heterocycles. The lowest BCUT2D eigenvalue weighted by atomic mass is 9.92. The number of aliphatic hydroxyl groups excluding tert-OH is 1. The number of hydrogen-bond acceptors (Lipinski definition) is 2. The zero-order chi connectivity index (χ0) is 8.55. The van der Waals surface area contributed by atoms with E-state index in [0.717, 1.165) is 23.2 Å². The van der Waals surface area contributed by atoms with Crippen LogP contribution in [0.5, 0.6) is 0 Å². The third kappa shape index (κ3) is 1.39. The Morgan fingerprint density at radius 3 is 3.17 bits per heavy atom. The van der Waals surface area contributed by atoms with Crippen molar-refractivity contribution < 1.29 is 5.11 Å². The Morgan fingerprint density at radius 1 is 1.50 bits per heavy atom. The maximum absolute atomic E-state index is 9.62. The number of fused-ring (bicyclic) bond motifs is 1. The van der Waals surface area contributed by atoms with E-state index in [4.69, 9.17) is 7.85 Å². The molecule has 1 aromatic carbocycles. The van der Waals surface area contributed by atoms with E-state index in [2.05, 4.69) is 0 Å². The smallest absolute Gasteiger partial charge is 0.113 e. The highest BCUT2D eigenvalue weighted by Crippen LogP contribution is 2.34. The zero-order valence-corrected chi connectivity index (χ0v) is 7.47. The monoisotopic (exact) mass is 176 g/mol. The molecule has 0 fully saturated rings. The van der Waals surface area contributed by atoms with Crippen LogP contribution in [0.1, 0.15) is 18.1 Å². The van der Waals surface area contributed by atoms with Gasteiger partial charge in [-0.15, -0.1) is 11.8 Å². The fourth-order valence-corrected chi connectivity index (χ4v) is 2.48. The van der Waals surface area contributed by atoms with Crippen LogP contribution in [0.25, 0.3) is 0 Å². The standard InChI is InChI=1S/C9H9BOS/c10-6-1-2-9-7(5-6)8(11)3-4-12-9/h1-2,5,8,11H,3-4H2. The van der Waals surface area contributed by atoms with Crippen molar-refractivity contribution in [3.05, 3.63) is 23.8 Å². The molecule has 1 nitrogen and oxygen atoms in total. The van der Waals surface area contributed by atoms with Gasteiger partial charge >= 0.3 is 0 Å². The maximum Gasteiger partial charge on any atom is 0.113 e. The lowest BCUT2D eigenvalue weighted by Crippen LogP contribution is -2.11. The summed E-state index contributed by atoms with van der Waals surface area (Å²) in [5.41, 5.74) is 1.72. The first kappa shape index (κ1) is 8.20. The van der Waals surface area contributed by atoms with E-state index in [1.54, 1.807) is 11.8 Å². The van der Waals surface area contributed by atoms with E-state index in [1.165, 1.54) is 4.90 Å². The second kappa shape index (κ2) is 3.15. The summed E-state index contributed by atoms with van der Waals surface area (Å²) in [5, 5.41) is 9.62. The molecule has 0 aliphatic carbocycles. The molecule has 0 saturated carbocycles.